The molecule has 2 fully saturated rings. The van der Waals surface area contributed by atoms with Gasteiger partial charge in [-0.05, 0) is 38.6 Å². The number of piperidine rings is 1. The second-order valence-electron chi connectivity index (χ2n) is 6.22. The van der Waals surface area contributed by atoms with Crippen LogP contribution in [0.3, 0.4) is 0 Å². The molecule has 1 amide bonds. The summed E-state index contributed by atoms with van der Waals surface area (Å²) >= 11 is 0. The number of carboxylic acids is 1. The van der Waals surface area contributed by atoms with Crippen LogP contribution >= 0.6 is 0 Å². The maximum atomic E-state index is 12.1. The summed E-state index contributed by atoms with van der Waals surface area (Å²) in [5, 5.41) is 9.26. The Morgan fingerprint density at radius 3 is 2.48 bits per heavy atom. The first-order valence-electron chi connectivity index (χ1n) is 8.04. The largest absolute Gasteiger partial charge is 0.480 e. The number of carbonyl (C=O) groups is 2. The molecule has 6 heteroatoms. The van der Waals surface area contributed by atoms with Gasteiger partial charge in [0.1, 0.15) is 6.04 Å². The molecule has 2 atom stereocenters. The average Bonchev–Trinajstić information content (AvgIpc) is 2.96. The van der Waals surface area contributed by atoms with Crippen LogP contribution in [0.4, 0.5) is 0 Å². The first-order valence-corrected chi connectivity index (χ1v) is 8.04. The Hall–Kier alpha value is -1.14. The molecule has 0 saturated carbocycles. The van der Waals surface area contributed by atoms with Gasteiger partial charge >= 0.3 is 5.97 Å². The van der Waals surface area contributed by atoms with E-state index in [1.165, 1.54) is 0 Å². The number of hydrogen-bond acceptors (Lipinski definition) is 4. The molecule has 120 valence electrons. The summed E-state index contributed by atoms with van der Waals surface area (Å²) < 4.78 is 0. The van der Waals surface area contributed by atoms with E-state index in [1.54, 1.807) is 0 Å². The van der Waals surface area contributed by atoms with Crippen LogP contribution in [-0.2, 0) is 9.59 Å². The monoisotopic (exact) mass is 297 g/mol. The fraction of sp³-hybridized carbons (Fsp3) is 0.867. The van der Waals surface area contributed by atoms with Gasteiger partial charge in [0.05, 0.1) is 0 Å². The Balaban J connectivity index is 1.83. The van der Waals surface area contributed by atoms with Crippen molar-refractivity contribution in [3.63, 3.8) is 0 Å². The summed E-state index contributed by atoms with van der Waals surface area (Å²) in [6, 6.07) is -0.0755. The van der Waals surface area contributed by atoms with Gasteiger partial charge < -0.3 is 15.7 Å². The van der Waals surface area contributed by atoms with Crippen molar-refractivity contribution in [2.75, 3.05) is 19.6 Å². The van der Waals surface area contributed by atoms with Gasteiger partial charge in [0.15, 0.2) is 0 Å². The highest BCUT2D eigenvalue weighted by molar-refractivity contribution is 5.77. The zero-order valence-electron chi connectivity index (χ0n) is 12.8. The van der Waals surface area contributed by atoms with E-state index in [-0.39, 0.29) is 18.0 Å². The number of aliphatic carboxylic acids is 1. The zero-order chi connectivity index (χ0) is 15.4. The minimum atomic E-state index is -0.708. The predicted octanol–water partition coefficient (Wildman–Crippen LogP) is 0.654. The lowest BCUT2D eigenvalue weighted by molar-refractivity contribution is -0.144. The number of likely N-dealkylation sites (tertiary alicyclic amines) is 2. The Morgan fingerprint density at radius 1 is 1.24 bits per heavy atom. The molecule has 6 nitrogen and oxygen atoms in total. The number of nitrogens with two attached hydrogens (primary N) is 1. The lowest BCUT2D eigenvalue weighted by Gasteiger charge is -2.38. The highest BCUT2D eigenvalue weighted by Crippen LogP contribution is 2.26. The minimum absolute atomic E-state index is 0.0507. The lowest BCUT2D eigenvalue weighted by Crippen LogP contribution is -2.50. The molecule has 0 aromatic rings. The van der Waals surface area contributed by atoms with Crippen LogP contribution in [0.2, 0.25) is 0 Å². The van der Waals surface area contributed by atoms with Gasteiger partial charge in [-0.1, -0.05) is 6.92 Å². The third-order valence-corrected chi connectivity index (χ3v) is 4.83. The summed E-state index contributed by atoms with van der Waals surface area (Å²) in [7, 11) is 0. The van der Waals surface area contributed by atoms with E-state index in [1.807, 2.05) is 11.8 Å². The van der Waals surface area contributed by atoms with Crippen molar-refractivity contribution in [2.45, 2.75) is 63.6 Å². The van der Waals surface area contributed by atoms with Gasteiger partial charge in [0.25, 0.3) is 0 Å². The number of carboxylic acid groups (broad SMARTS) is 1. The molecular weight excluding hydrogens is 270 g/mol. The van der Waals surface area contributed by atoms with Gasteiger partial charge in [-0.2, -0.15) is 0 Å². The number of rotatable bonds is 5. The van der Waals surface area contributed by atoms with E-state index < -0.39 is 5.97 Å². The van der Waals surface area contributed by atoms with Crippen LogP contribution in [0.15, 0.2) is 0 Å². The zero-order valence-corrected chi connectivity index (χ0v) is 12.8. The Labute approximate surface area is 126 Å². The Morgan fingerprint density at radius 2 is 1.90 bits per heavy atom. The topological polar surface area (TPSA) is 86.9 Å². The molecule has 2 rings (SSSR count). The number of amides is 1. The fourth-order valence-corrected chi connectivity index (χ4v) is 3.44. The van der Waals surface area contributed by atoms with Crippen molar-refractivity contribution in [2.24, 2.45) is 5.73 Å². The van der Waals surface area contributed by atoms with Gasteiger partial charge in [-0.15, -0.1) is 0 Å². The highest BCUT2D eigenvalue weighted by Gasteiger charge is 2.37. The third kappa shape index (κ3) is 3.95. The highest BCUT2D eigenvalue weighted by atomic mass is 16.4. The number of carbonyl (C=O) groups excluding carboxylic acids is 1. The quantitative estimate of drug-likeness (QED) is 0.778. The molecule has 2 saturated heterocycles. The van der Waals surface area contributed by atoms with Gasteiger partial charge in [0.2, 0.25) is 5.91 Å². The van der Waals surface area contributed by atoms with Crippen LogP contribution in [0.1, 0.15) is 45.4 Å². The predicted molar refractivity (Wildman–Crippen MR) is 79.8 cm³/mol. The summed E-state index contributed by atoms with van der Waals surface area (Å²) in [6.45, 7) is 4.31. The third-order valence-electron chi connectivity index (χ3n) is 4.83. The number of nitrogens with zero attached hydrogens (tertiary/aromatic N) is 2. The van der Waals surface area contributed by atoms with Crippen LogP contribution in [0.25, 0.3) is 0 Å². The van der Waals surface area contributed by atoms with Crippen LogP contribution in [0.5, 0.6) is 0 Å². The van der Waals surface area contributed by atoms with Crippen molar-refractivity contribution < 1.29 is 14.7 Å². The molecule has 21 heavy (non-hydrogen) atoms. The summed E-state index contributed by atoms with van der Waals surface area (Å²) in [5.41, 5.74) is 5.84. The van der Waals surface area contributed by atoms with E-state index in [0.29, 0.717) is 12.5 Å². The second kappa shape index (κ2) is 7.22. The summed E-state index contributed by atoms with van der Waals surface area (Å²) in [4.78, 5) is 27.4. The second-order valence-corrected chi connectivity index (χ2v) is 6.22. The maximum absolute atomic E-state index is 12.1. The van der Waals surface area contributed by atoms with Crippen molar-refractivity contribution >= 4 is 11.9 Å². The van der Waals surface area contributed by atoms with Crippen molar-refractivity contribution in [1.29, 1.82) is 0 Å². The molecule has 0 aromatic carbocycles. The molecule has 3 N–H and O–H groups in total. The van der Waals surface area contributed by atoms with Crippen molar-refractivity contribution in [3.05, 3.63) is 0 Å². The molecule has 0 aliphatic carbocycles. The van der Waals surface area contributed by atoms with E-state index in [2.05, 4.69) is 4.90 Å². The smallest absolute Gasteiger partial charge is 0.320 e. The van der Waals surface area contributed by atoms with E-state index >= 15 is 0 Å². The average molecular weight is 297 g/mol. The lowest BCUT2D eigenvalue weighted by atomic mass is 10.0. The van der Waals surface area contributed by atoms with Crippen LogP contribution in [0, 0.1) is 0 Å². The minimum Gasteiger partial charge on any atom is -0.480 e. The molecule has 0 radical (unpaired) electrons. The first kappa shape index (κ1) is 16.2. The molecule has 2 unspecified atom stereocenters. The SMILES string of the molecule is CCC(N)CC(=O)N1CCC(N2CCCC2C(=O)O)CC1. The van der Waals surface area contributed by atoms with Crippen LogP contribution < -0.4 is 5.73 Å². The standard InChI is InChI=1S/C15H27N3O3/c1-2-11(16)10-14(19)17-8-5-12(6-9-17)18-7-3-4-13(18)15(20)21/h11-13H,2-10,16H2,1H3,(H,20,21). The number of hydrogen-bond donors (Lipinski definition) is 2. The molecule has 2 aliphatic heterocycles. The van der Waals surface area contributed by atoms with E-state index in [9.17, 15) is 14.7 Å². The van der Waals surface area contributed by atoms with Crippen LogP contribution in [-0.4, -0.2) is 64.5 Å². The Bertz CT molecular complexity index is 380. The van der Waals surface area contributed by atoms with E-state index in [4.69, 9.17) is 5.73 Å². The van der Waals surface area contributed by atoms with Gasteiger partial charge in [0, 0.05) is 31.6 Å². The Kier molecular flexibility index (Phi) is 5.58. The first-order chi connectivity index (χ1) is 10.0. The molecule has 0 spiro atoms. The normalized spacial score (nSPS) is 26.0. The summed E-state index contributed by atoms with van der Waals surface area (Å²) in [6.07, 6.45) is 4.69. The fourth-order valence-electron chi connectivity index (χ4n) is 3.44. The molecular formula is C15H27N3O3. The summed E-state index contributed by atoms with van der Waals surface area (Å²) in [5.74, 6) is -0.570. The van der Waals surface area contributed by atoms with Crippen molar-refractivity contribution in [1.82, 2.24) is 9.80 Å². The molecule has 0 bridgehead atoms. The molecule has 2 aliphatic rings. The molecule has 0 aromatic heterocycles. The molecule has 2 heterocycles. The van der Waals surface area contributed by atoms with E-state index in [0.717, 1.165) is 51.7 Å². The van der Waals surface area contributed by atoms with Gasteiger partial charge in [-0.25, -0.2) is 0 Å². The van der Waals surface area contributed by atoms with Gasteiger partial charge in [-0.3, -0.25) is 14.5 Å². The van der Waals surface area contributed by atoms with Crippen molar-refractivity contribution in [3.8, 4) is 0 Å². The maximum Gasteiger partial charge on any atom is 0.320 e.